The lowest BCUT2D eigenvalue weighted by atomic mass is 10.1. The number of nitrogens with zero attached hydrogens (tertiary/aromatic N) is 2. The Bertz CT molecular complexity index is 435. The molecular weight excluding hydrogens is 232 g/mol. The minimum atomic E-state index is 0.0364. The Morgan fingerprint density at radius 2 is 1.71 bits per heavy atom. The summed E-state index contributed by atoms with van der Waals surface area (Å²) in [5, 5.41) is 0. The van der Waals surface area contributed by atoms with Crippen LogP contribution in [0.5, 0.6) is 0 Å². The van der Waals surface area contributed by atoms with E-state index in [0.717, 1.165) is 30.9 Å². The zero-order valence-corrected chi connectivity index (χ0v) is 12.1. The van der Waals surface area contributed by atoms with Gasteiger partial charge in [-0.15, -0.1) is 0 Å². The quantitative estimate of drug-likeness (QED) is 0.551. The van der Waals surface area contributed by atoms with Crippen molar-refractivity contribution in [1.29, 1.82) is 0 Å². The summed E-state index contributed by atoms with van der Waals surface area (Å²) in [5.74, 6) is 0. The third-order valence-corrected chi connectivity index (χ3v) is 3.57. The van der Waals surface area contributed by atoms with Gasteiger partial charge >= 0.3 is 0 Å². The van der Waals surface area contributed by atoms with E-state index in [1.807, 2.05) is 14.1 Å². The molecule has 0 aromatic heterocycles. The molecule has 17 heavy (non-hydrogen) atoms. The molecule has 0 aliphatic heterocycles. The summed E-state index contributed by atoms with van der Waals surface area (Å²) in [4.78, 5) is 15.9. The van der Waals surface area contributed by atoms with Gasteiger partial charge in [0.25, 0.3) is 0 Å². The molecule has 0 aliphatic carbocycles. The average Bonchev–Trinajstić information content (AvgIpc) is 2.33. The summed E-state index contributed by atoms with van der Waals surface area (Å²) in [7, 11) is 3.96. The van der Waals surface area contributed by atoms with Crippen LogP contribution in [-0.2, 0) is 0 Å². The topological polar surface area (TPSA) is 23.6 Å². The molecule has 0 bridgehead atoms. The maximum Gasteiger partial charge on any atom is 0.224 e. The van der Waals surface area contributed by atoms with E-state index in [0.29, 0.717) is 4.51 Å². The van der Waals surface area contributed by atoms with Crippen molar-refractivity contribution < 1.29 is 0 Å². The van der Waals surface area contributed by atoms with Crippen molar-refractivity contribution in [3.05, 3.63) is 14.7 Å². The van der Waals surface area contributed by atoms with Gasteiger partial charge in [0, 0.05) is 27.2 Å². The first-order valence-corrected chi connectivity index (χ1v) is 6.70. The van der Waals surface area contributed by atoms with Gasteiger partial charge in [0.2, 0.25) is 5.43 Å². The fourth-order valence-electron chi connectivity index (χ4n) is 1.94. The summed E-state index contributed by atoms with van der Waals surface area (Å²) in [6.07, 6.45) is 3.52. The highest BCUT2D eigenvalue weighted by atomic mass is 32.1. The van der Waals surface area contributed by atoms with Gasteiger partial charge in [0.1, 0.15) is 10.2 Å². The molecule has 0 heterocycles. The molecule has 0 aliphatic rings. The summed E-state index contributed by atoms with van der Waals surface area (Å²) < 4.78 is 0.492. The van der Waals surface area contributed by atoms with Gasteiger partial charge in [0.15, 0.2) is 0 Å². The Labute approximate surface area is 109 Å². The Morgan fingerprint density at radius 1 is 1.06 bits per heavy atom. The Hall–Kier alpha value is -0.900. The lowest BCUT2D eigenvalue weighted by molar-refractivity contribution is 0.702. The largest absolute Gasteiger partial charge is 0.372 e. The van der Waals surface area contributed by atoms with Crippen LogP contribution in [0.3, 0.4) is 0 Å². The van der Waals surface area contributed by atoms with Crippen molar-refractivity contribution in [1.82, 2.24) is 0 Å². The van der Waals surface area contributed by atoms with E-state index in [2.05, 4.69) is 23.6 Å². The van der Waals surface area contributed by atoms with Crippen LogP contribution < -0.4 is 15.2 Å². The summed E-state index contributed by atoms with van der Waals surface area (Å²) >= 11 is 5.13. The van der Waals surface area contributed by atoms with Gasteiger partial charge in [-0.05, 0) is 13.3 Å². The van der Waals surface area contributed by atoms with Gasteiger partial charge in [-0.1, -0.05) is 32.0 Å². The van der Waals surface area contributed by atoms with Crippen LogP contribution in [0.25, 0.3) is 0 Å². The fraction of sp³-hybridized carbons (Fsp3) is 0.692. The summed E-state index contributed by atoms with van der Waals surface area (Å²) in [6.45, 7) is 6.04. The van der Waals surface area contributed by atoms with Crippen LogP contribution in [0.4, 0.5) is 11.4 Å². The van der Waals surface area contributed by atoms with E-state index < -0.39 is 0 Å². The second kappa shape index (κ2) is 6.15. The molecule has 0 N–H and O–H groups in total. The maximum atomic E-state index is 11.8. The molecule has 1 rings (SSSR count). The van der Waals surface area contributed by atoms with Gasteiger partial charge in [-0.25, -0.2) is 0 Å². The van der Waals surface area contributed by atoms with Gasteiger partial charge in [0.05, 0.1) is 5.69 Å². The smallest absolute Gasteiger partial charge is 0.224 e. The number of unbranched alkanes of at least 4 members (excludes halogenated alkanes) is 2. The molecule has 0 unspecified atom stereocenters. The summed E-state index contributed by atoms with van der Waals surface area (Å²) in [5.41, 5.74) is 1.79. The lowest BCUT2D eigenvalue weighted by Crippen LogP contribution is -2.33. The zero-order valence-electron chi connectivity index (χ0n) is 11.2. The monoisotopic (exact) mass is 254 g/mol. The molecule has 96 valence electrons. The van der Waals surface area contributed by atoms with Gasteiger partial charge < -0.3 is 9.80 Å². The Morgan fingerprint density at radius 3 is 2.24 bits per heavy atom. The summed E-state index contributed by atoms with van der Waals surface area (Å²) in [6, 6.07) is 0. The maximum absolute atomic E-state index is 11.8. The molecule has 1 aromatic rings. The first-order valence-electron chi connectivity index (χ1n) is 6.30. The highest BCUT2D eigenvalue weighted by Crippen LogP contribution is 2.29. The molecule has 0 amide bonds. The molecule has 1 aromatic carbocycles. The zero-order chi connectivity index (χ0) is 13.0. The van der Waals surface area contributed by atoms with Gasteiger partial charge in [-0.3, -0.25) is 4.79 Å². The molecule has 0 saturated carbocycles. The standard InChI is InChI=1S/C13H22N2OS/c1-5-7-8-9-15(4)10-11(14(3)6-2)13(17)12(10)16/h5-9H2,1-4H3. The SMILES string of the molecule is CCCCCN(C)c1c(N(C)CC)c(=S)c1=O. The van der Waals surface area contributed by atoms with E-state index in [1.165, 1.54) is 12.8 Å². The van der Waals surface area contributed by atoms with E-state index in [-0.39, 0.29) is 5.43 Å². The average molecular weight is 254 g/mol. The molecule has 3 nitrogen and oxygen atoms in total. The number of hydrogen-bond donors (Lipinski definition) is 0. The van der Waals surface area contributed by atoms with Crippen molar-refractivity contribution in [2.24, 2.45) is 0 Å². The van der Waals surface area contributed by atoms with Crippen LogP contribution in [0.15, 0.2) is 4.79 Å². The normalized spacial score (nSPS) is 10.8. The molecule has 0 spiro atoms. The lowest BCUT2D eigenvalue weighted by Gasteiger charge is -2.29. The number of anilines is 2. The molecule has 0 saturated heterocycles. The van der Waals surface area contributed by atoms with Gasteiger partial charge in [-0.2, -0.15) is 0 Å². The predicted octanol–water partition coefficient (Wildman–Crippen LogP) is 2.73. The van der Waals surface area contributed by atoms with Crippen molar-refractivity contribution in [2.45, 2.75) is 33.1 Å². The molecule has 0 fully saturated rings. The third kappa shape index (κ3) is 2.86. The van der Waals surface area contributed by atoms with Crippen molar-refractivity contribution >= 4 is 23.6 Å². The van der Waals surface area contributed by atoms with Crippen LogP contribution in [0.2, 0.25) is 0 Å². The van der Waals surface area contributed by atoms with Crippen molar-refractivity contribution in [3.63, 3.8) is 0 Å². The highest BCUT2D eigenvalue weighted by Gasteiger charge is 2.23. The van der Waals surface area contributed by atoms with Crippen LogP contribution in [0.1, 0.15) is 33.1 Å². The van der Waals surface area contributed by atoms with E-state index in [4.69, 9.17) is 12.2 Å². The Balaban J connectivity index is 2.80. The molecular formula is C13H22N2OS. The van der Waals surface area contributed by atoms with Crippen molar-refractivity contribution in [2.75, 3.05) is 37.0 Å². The first kappa shape index (κ1) is 14.2. The van der Waals surface area contributed by atoms with Crippen LogP contribution >= 0.6 is 12.2 Å². The van der Waals surface area contributed by atoms with Crippen LogP contribution in [-0.4, -0.2) is 27.2 Å². The molecule has 4 heteroatoms. The highest BCUT2D eigenvalue weighted by molar-refractivity contribution is 7.71. The molecule has 0 atom stereocenters. The molecule has 0 radical (unpaired) electrons. The Kier molecular flexibility index (Phi) is 5.12. The second-order valence-corrected chi connectivity index (χ2v) is 4.91. The third-order valence-electron chi connectivity index (χ3n) is 3.20. The van der Waals surface area contributed by atoms with Crippen LogP contribution in [0, 0.1) is 4.51 Å². The predicted molar refractivity (Wildman–Crippen MR) is 77.7 cm³/mol. The minimum absolute atomic E-state index is 0.0364. The second-order valence-electron chi connectivity index (χ2n) is 4.50. The fourth-order valence-corrected chi connectivity index (χ4v) is 2.29. The number of hydrogen-bond acceptors (Lipinski definition) is 4. The number of rotatable bonds is 7. The minimum Gasteiger partial charge on any atom is -0.372 e. The first-order chi connectivity index (χ1) is 8.04. The van der Waals surface area contributed by atoms with E-state index >= 15 is 0 Å². The van der Waals surface area contributed by atoms with E-state index in [1.54, 1.807) is 0 Å². The van der Waals surface area contributed by atoms with Crippen molar-refractivity contribution in [3.8, 4) is 0 Å². The van der Waals surface area contributed by atoms with E-state index in [9.17, 15) is 4.79 Å².